The minimum Gasteiger partial charge on any atom is -0.449 e. The van der Waals surface area contributed by atoms with Crippen LogP contribution >= 0.6 is 11.3 Å². The van der Waals surface area contributed by atoms with Crippen LogP contribution in [0, 0.1) is 0 Å². The van der Waals surface area contributed by atoms with E-state index in [0.29, 0.717) is 17.3 Å². The van der Waals surface area contributed by atoms with Gasteiger partial charge in [-0.1, -0.05) is 32.0 Å². The van der Waals surface area contributed by atoms with E-state index in [0.717, 1.165) is 17.8 Å². The van der Waals surface area contributed by atoms with Gasteiger partial charge in [0, 0.05) is 11.4 Å². The van der Waals surface area contributed by atoms with Crippen molar-refractivity contribution in [1.82, 2.24) is 0 Å². The minimum absolute atomic E-state index is 0.195. The molecule has 0 radical (unpaired) electrons. The second-order valence-electron chi connectivity index (χ2n) is 7.58. The lowest BCUT2D eigenvalue weighted by molar-refractivity contribution is -0.123. The molecule has 0 aliphatic rings. The van der Waals surface area contributed by atoms with Crippen molar-refractivity contribution >= 4 is 44.6 Å². The van der Waals surface area contributed by atoms with Crippen LogP contribution in [0.1, 0.15) is 49.0 Å². The number of esters is 1. The van der Waals surface area contributed by atoms with Crippen LogP contribution in [0.5, 0.6) is 0 Å². The first kappa shape index (κ1) is 24.5. The maximum Gasteiger partial charge on any atom is 0.338 e. The summed E-state index contributed by atoms with van der Waals surface area (Å²) >= 11 is 1.11. The summed E-state index contributed by atoms with van der Waals surface area (Å²) in [5.41, 5.74) is 2.33. The number of ether oxygens (including phenoxy) is 1. The van der Waals surface area contributed by atoms with Crippen LogP contribution in [-0.4, -0.2) is 26.4 Å². The summed E-state index contributed by atoms with van der Waals surface area (Å²) in [6, 6.07) is 16.5. The summed E-state index contributed by atoms with van der Waals surface area (Å²) < 4.78 is 32.5. The topological polar surface area (TPSA) is 102 Å². The van der Waals surface area contributed by atoms with Gasteiger partial charge in [-0.15, -0.1) is 11.3 Å². The Morgan fingerprint density at radius 2 is 1.61 bits per heavy atom. The van der Waals surface area contributed by atoms with Crippen molar-refractivity contribution in [3.05, 3.63) is 77.2 Å². The molecule has 1 amide bonds. The number of thiophene rings is 1. The first-order valence-electron chi connectivity index (χ1n) is 10.5. The van der Waals surface area contributed by atoms with E-state index in [1.54, 1.807) is 11.4 Å². The zero-order valence-electron chi connectivity index (χ0n) is 18.6. The van der Waals surface area contributed by atoms with Gasteiger partial charge in [0.1, 0.15) is 4.21 Å². The van der Waals surface area contributed by atoms with Gasteiger partial charge in [-0.3, -0.25) is 9.52 Å². The molecule has 0 aliphatic carbocycles. The summed E-state index contributed by atoms with van der Waals surface area (Å²) in [4.78, 5) is 24.8. The number of carbonyl (C=O) groups excluding carboxylic acids is 2. The van der Waals surface area contributed by atoms with Gasteiger partial charge in [-0.05, 0) is 72.7 Å². The van der Waals surface area contributed by atoms with Crippen molar-refractivity contribution in [2.75, 3.05) is 10.0 Å². The number of hydrogen-bond acceptors (Lipinski definition) is 6. The Morgan fingerprint density at radius 1 is 0.970 bits per heavy atom. The third kappa shape index (κ3) is 6.43. The Kier molecular flexibility index (Phi) is 7.88. The van der Waals surface area contributed by atoms with E-state index >= 15 is 0 Å². The first-order chi connectivity index (χ1) is 15.7. The standard InChI is InChI=1S/C24H26N2O5S2/c1-4-16(2)18-7-11-20(12-8-18)25-23(27)17(3)31-24(28)19-9-13-21(14-10-19)26-33(29,30)22-6-5-15-32-22/h5-17,26H,4H2,1-3H3,(H,25,27)/t16-,17-/m1/s1. The van der Waals surface area contributed by atoms with Gasteiger partial charge in [0.15, 0.2) is 6.10 Å². The normalized spacial score (nSPS) is 13.1. The number of benzene rings is 2. The van der Waals surface area contributed by atoms with Gasteiger partial charge in [-0.25, -0.2) is 13.2 Å². The molecule has 1 aromatic heterocycles. The molecular weight excluding hydrogens is 460 g/mol. The Bertz CT molecular complexity index is 1190. The zero-order chi connectivity index (χ0) is 24.0. The molecule has 2 aromatic carbocycles. The molecular formula is C24H26N2O5S2. The molecule has 7 nitrogen and oxygen atoms in total. The van der Waals surface area contributed by atoms with Crippen LogP contribution in [0.4, 0.5) is 11.4 Å². The van der Waals surface area contributed by atoms with Crippen molar-refractivity contribution in [3.8, 4) is 0 Å². The molecule has 0 fully saturated rings. The second kappa shape index (κ2) is 10.6. The molecule has 174 valence electrons. The SMILES string of the molecule is CC[C@@H](C)c1ccc(NC(=O)[C@@H](C)OC(=O)c2ccc(NS(=O)(=O)c3cccs3)cc2)cc1. The van der Waals surface area contributed by atoms with Gasteiger partial charge in [0.2, 0.25) is 0 Å². The van der Waals surface area contributed by atoms with Crippen LogP contribution < -0.4 is 10.0 Å². The summed E-state index contributed by atoms with van der Waals surface area (Å²) in [7, 11) is -3.67. The van der Waals surface area contributed by atoms with Crippen molar-refractivity contribution in [2.45, 2.75) is 43.4 Å². The van der Waals surface area contributed by atoms with E-state index in [9.17, 15) is 18.0 Å². The molecule has 3 aromatic rings. The zero-order valence-corrected chi connectivity index (χ0v) is 20.2. The lowest BCUT2D eigenvalue weighted by Gasteiger charge is -2.15. The van der Waals surface area contributed by atoms with E-state index in [4.69, 9.17) is 4.74 Å². The van der Waals surface area contributed by atoms with Crippen LogP contribution in [0.25, 0.3) is 0 Å². The lowest BCUT2D eigenvalue weighted by Crippen LogP contribution is -2.30. The fourth-order valence-corrected chi connectivity index (χ4v) is 5.00. The Hall–Kier alpha value is -3.17. The predicted octanol–water partition coefficient (Wildman–Crippen LogP) is 5.25. The molecule has 9 heteroatoms. The average Bonchev–Trinajstić information content (AvgIpc) is 3.35. The van der Waals surface area contributed by atoms with Gasteiger partial charge >= 0.3 is 5.97 Å². The molecule has 0 saturated carbocycles. The van der Waals surface area contributed by atoms with E-state index < -0.39 is 28.0 Å². The average molecular weight is 487 g/mol. The van der Waals surface area contributed by atoms with Gasteiger partial charge in [0.25, 0.3) is 15.9 Å². The van der Waals surface area contributed by atoms with Gasteiger partial charge in [-0.2, -0.15) is 0 Å². The van der Waals surface area contributed by atoms with Crippen molar-refractivity contribution in [2.24, 2.45) is 0 Å². The largest absolute Gasteiger partial charge is 0.449 e. The number of amides is 1. The predicted molar refractivity (Wildman–Crippen MR) is 130 cm³/mol. The molecule has 2 N–H and O–H groups in total. The molecule has 0 unspecified atom stereocenters. The van der Waals surface area contributed by atoms with Crippen molar-refractivity contribution in [1.29, 1.82) is 0 Å². The summed E-state index contributed by atoms with van der Waals surface area (Å²) in [6.07, 6.45) is 0.0175. The second-order valence-corrected chi connectivity index (χ2v) is 10.4. The number of nitrogens with one attached hydrogen (secondary N) is 2. The molecule has 2 atom stereocenters. The molecule has 33 heavy (non-hydrogen) atoms. The maximum atomic E-state index is 12.4. The first-order valence-corrected chi connectivity index (χ1v) is 12.8. The third-order valence-electron chi connectivity index (χ3n) is 5.15. The molecule has 0 saturated heterocycles. The Morgan fingerprint density at radius 3 is 2.18 bits per heavy atom. The monoisotopic (exact) mass is 486 g/mol. The quantitative estimate of drug-likeness (QED) is 0.403. The Labute approximate surface area is 197 Å². The fraction of sp³-hybridized carbons (Fsp3) is 0.250. The van der Waals surface area contributed by atoms with Crippen molar-refractivity contribution in [3.63, 3.8) is 0 Å². The Balaban J connectivity index is 1.56. The number of hydrogen-bond donors (Lipinski definition) is 2. The molecule has 0 aliphatic heterocycles. The molecule has 1 heterocycles. The van der Waals surface area contributed by atoms with Crippen LogP contribution in [-0.2, 0) is 19.6 Å². The van der Waals surface area contributed by atoms with Crippen LogP contribution in [0.2, 0.25) is 0 Å². The number of sulfonamides is 1. The maximum absolute atomic E-state index is 12.4. The minimum atomic E-state index is -3.67. The van der Waals surface area contributed by atoms with Gasteiger partial charge < -0.3 is 10.1 Å². The number of rotatable bonds is 9. The highest BCUT2D eigenvalue weighted by Crippen LogP contribution is 2.22. The summed E-state index contributed by atoms with van der Waals surface area (Å²) in [6.45, 7) is 5.75. The highest BCUT2D eigenvalue weighted by molar-refractivity contribution is 7.94. The highest BCUT2D eigenvalue weighted by Gasteiger charge is 2.20. The van der Waals surface area contributed by atoms with E-state index in [-0.39, 0.29) is 9.77 Å². The summed E-state index contributed by atoms with van der Waals surface area (Å²) in [5, 5.41) is 4.41. The third-order valence-corrected chi connectivity index (χ3v) is 7.92. The van der Waals surface area contributed by atoms with E-state index in [1.807, 2.05) is 24.3 Å². The molecule has 0 bridgehead atoms. The lowest BCUT2D eigenvalue weighted by atomic mass is 9.99. The van der Waals surface area contributed by atoms with E-state index in [2.05, 4.69) is 23.9 Å². The smallest absolute Gasteiger partial charge is 0.338 e. The highest BCUT2D eigenvalue weighted by atomic mass is 32.2. The van der Waals surface area contributed by atoms with Crippen LogP contribution in [0.15, 0.2) is 70.3 Å². The van der Waals surface area contributed by atoms with Crippen molar-refractivity contribution < 1.29 is 22.7 Å². The summed E-state index contributed by atoms with van der Waals surface area (Å²) in [5.74, 6) is -0.690. The van der Waals surface area contributed by atoms with Gasteiger partial charge in [0.05, 0.1) is 5.56 Å². The molecule has 3 rings (SSSR count). The number of anilines is 2. The molecule has 0 spiro atoms. The van der Waals surface area contributed by atoms with E-state index in [1.165, 1.54) is 42.8 Å². The van der Waals surface area contributed by atoms with Crippen LogP contribution in [0.3, 0.4) is 0 Å². The number of carbonyl (C=O) groups is 2. The fourth-order valence-electron chi connectivity index (χ4n) is 2.95.